The van der Waals surface area contributed by atoms with Gasteiger partial charge in [-0.25, -0.2) is 0 Å². The van der Waals surface area contributed by atoms with Crippen LogP contribution in [0.25, 0.3) is 10.9 Å². The quantitative estimate of drug-likeness (QED) is 0.560. The Balaban J connectivity index is 1.46. The van der Waals surface area contributed by atoms with Gasteiger partial charge in [-0.05, 0) is 85.9 Å². The molecule has 2 heterocycles. The molecule has 0 radical (unpaired) electrons. The highest BCUT2D eigenvalue weighted by atomic mass is 79.9. The summed E-state index contributed by atoms with van der Waals surface area (Å²) in [6.45, 7) is 3.61. The molecule has 1 aromatic heterocycles. The highest BCUT2D eigenvalue weighted by molar-refractivity contribution is 9.10. The smallest absolute Gasteiger partial charge is 0.115 e. The fourth-order valence-electron chi connectivity index (χ4n) is 6.02. The summed E-state index contributed by atoms with van der Waals surface area (Å²) < 4.78 is 1.20. The molecule has 0 spiro atoms. The van der Waals surface area contributed by atoms with Gasteiger partial charge in [0.1, 0.15) is 5.75 Å². The summed E-state index contributed by atoms with van der Waals surface area (Å²) in [7, 11) is 0. The van der Waals surface area contributed by atoms with Gasteiger partial charge in [-0.2, -0.15) is 0 Å². The molecule has 4 heteroatoms. The highest BCUT2D eigenvalue weighted by Gasteiger charge is 2.48. The molecule has 2 fully saturated rings. The minimum Gasteiger partial charge on any atom is -0.508 e. The number of phenols is 1. The van der Waals surface area contributed by atoms with E-state index in [0.29, 0.717) is 11.7 Å². The Hall–Kier alpha value is -1.78. The molecule has 2 atom stereocenters. The Labute approximate surface area is 180 Å². The van der Waals surface area contributed by atoms with E-state index in [2.05, 4.69) is 50.1 Å². The number of H-pyrrole nitrogens is 1. The zero-order valence-corrected chi connectivity index (χ0v) is 18.2. The normalized spacial score (nSPS) is 27.0. The lowest BCUT2D eigenvalue weighted by molar-refractivity contribution is 0.0783. The molecule has 1 aliphatic heterocycles. The van der Waals surface area contributed by atoms with Crippen molar-refractivity contribution in [3.05, 3.63) is 63.8 Å². The van der Waals surface area contributed by atoms with Crippen molar-refractivity contribution in [2.24, 2.45) is 11.8 Å². The Bertz CT molecular complexity index is 1090. The topological polar surface area (TPSA) is 39.3 Å². The number of aromatic hydroxyl groups is 1. The predicted molar refractivity (Wildman–Crippen MR) is 120 cm³/mol. The number of likely N-dealkylation sites (tertiary alicyclic amines) is 1. The van der Waals surface area contributed by atoms with E-state index >= 15 is 0 Å². The summed E-state index contributed by atoms with van der Waals surface area (Å²) in [4.78, 5) is 6.47. The van der Waals surface area contributed by atoms with E-state index in [9.17, 15) is 5.11 Å². The minimum absolute atomic E-state index is 0.110. The molecular weight excluding hydrogens is 424 g/mol. The van der Waals surface area contributed by atoms with E-state index in [-0.39, 0.29) is 5.41 Å². The van der Waals surface area contributed by atoms with Crippen LogP contribution in [0.15, 0.2) is 46.9 Å². The summed E-state index contributed by atoms with van der Waals surface area (Å²) in [6.07, 6.45) is 6.14. The summed E-state index contributed by atoms with van der Waals surface area (Å²) in [6, 6.07) is 14.6. The van der Waals surface area contributed by atoms with E-state index in [1.807, 2.05) is 12.1 Å². The standard InChI is InChI=1S/C25H27BrN2O/c26-21-5-2-6-22-24(21)20-12-18-15-28(14-16-7-8-16)10-9-25(18,13-23(20)27-22)17-3-1-4-19(29)11-17/h1-6,11,16,18,27,29H,7-10,12-15H2. The maximum atomic E-state index is 10.2. The number of benzene rings is 2. The molecule has 2 aliphatic carbocycles. The molecule has 6 rings (SSSR count). The van der Waals surface area contributed by atoms with Crippen LogP contribution in [0.4, 0.5) is 0 Å². The van der Waals surface area contributed by atoms with Gasteiger partial charge in [-0.15, -0.1) is 0 Å². The van der Waals surface area contributed by atoms with Gasteiger partial charge < -0.3 is 15.0 Å². The number of nitrogens with zero attached hydrogens (tertiary/aromatic N) is 1. The van der Waals surface area contributed by atoms with Gasteiger partial charge in [0, 0.05) is 39.6 Å². The fourth-order valence-corrected chi connectivity index (χ4v) is 6.63. The predicted octanol–water partition coefficient (Wildman–Crippen LogP) is 5.40. The molecule has 3 nitrogen and oxygen atoms in total. The lowest BCUT2D eigenvalue weighted by atomic mass is 9.58. The number of rotatable bonds is 3. The van der Waals surface area contributed by atoms with Crippen molar-refractivity contribution >= 4 is 26.8 Å². The molecule has 0 bridgehead atoms. The van der Waals surface area contributed by atoms with Gasteiger partial charge in [0.25, 0.3) is 0 Å². The van der Waals surface area contributed by atoms with Crippen LogP contribution in [0.2, 0.25) is 0 Å². The van der Waals surface area contributed by atoms with Gasteiger partial charge in [0.05, 0.1) is 0 Å². The maximum Gasteiger partial charge on any atom is 0.115 e. The number of phenolic OH excluding ortho intramolecular Hbond substituents is 1. The van der Waals surface area contributed by atoms with Gasteiger partial charge in [-0.3, -0.25) is 0 Å². The third-order valence-electron chi connectivity index (χ3n) is 7.68. The monoisotopic (exact) mass is 450 g/mol. The first-order valence-corrected chi connectivity index (χ1v) is 11.7. The van der Waals surface area contributed by atoms with Crippen LogP contribution in [-0.4, -0.2) is 34.6 Å². The number of aromatic amines is 1. The van der Waals surface area contributed by atoms with Crippen LogP contribution in [0.5, 0.6) is 5.75 Å². The molecule has 0 amide bonds. The average molecular weight is 451 g/mol. The van der Waals surface area contributed by atoms with Crippen LogP contribution in [0, 0.1) is 11.8 Å². The molecule has 150 valence electrons. The SMILES string of the molecule is Oc1cccc(C23CCN(CC4CC4)CC2Cc2c([nH]c4cccc(Br)c24)C3)c1. The third kappa shape index (κ3) is 2.95. The molecule has 2 unspecified atom stereocenters. The number of nitrogens with one attached hydrogen (secondary N) is 1. The van der Waals surface area contributed by atoms with Gasteiger partial charge in [0.2, 0.25) is 0 Å². The summed E-state index contributed by atoms with van der Waals surface area (Å²) in [5.41, 5.74) is 5.56. The second-order valence-corrected chi connectivity index (χ2v) is 10.3. The zero-order valence-electron chi connectivity index (χ0n) is 16.6. The van der Waals surface area contributed by atoms with Crippen LogP contribution >= 0.6 is 15.9 Å². The number of fused-ring (bicyclic) bond motifs is 4. The summed E-state index contributed by atoms with van der Waals surface area (Å²) >= 11 is 3.80. The zero-order chi connectivity index (χ0) is 19.6. The fraction of sp³-hybridized carbons (Fsp3) is 0.440. The molecule has 29 heavy (non-hydrogen) atoms. The van der Waals surface area contributed by atoms with Crippen LogP contribution < -0.4 is 0 Å². The second-order valence-electron chi connectivity index (χ2n) is 9.48. The number of hydrogen-bond donors (Lipinski definition) is 2. The van der Waals surface area contributed by atoms with E-state index in [1.165, 1.54) is 71.1 Å². The lowest BCUT2D eigenvalue weighted by Crippen LogP contribution is -2.54. The molecule has 2 N–H and O–H groups in total. The first-order chi connectivity index (χ1) is 14.1. The average Bonchev–Trinajstić information content (AvgIpc) is 3.45. The molecular formula is C25H27BrN2O. The first kappa shape index (κ1) is 18.0. The van der Waals surface area contributed by atoms with Crippen molar-refractivity contribution in [3.8, 4) is 5.75 Å². The number of hydrogen-bond acceptors (Lipinski definition) is 2. The number of aromatic nitrogens is 1. The van der Waals surface area contributed by atoms with Crippen molar-refractivity contribution in [1.29, 1.82) is 0 Å². The maximum absolute atomic E-state index is 10.2. The summed E-state index contributed by atoms with van der Waals surface area (Å²) in [5.74, 6) is 1.90. The van der Waals surface area contributed by atoms with Crippen molar-refractivity contribution in [3.63, 3.8) is 0 Å². The molecule has 1 saturated heterocycles. The highest BCUT2D eigenvalue weighted by Crippen LogP contribution is 2.50. The minimum atomic E-state index is 0.110. The van der Waals surface area contributed by atoms with E-state index in [4.69, 9.17) is 0 Å². The van der Waals surface area contributed by atoms with Crippen molar-refractivity contribution in [1.82, 2.24) is 9.88 Å². The van der Waals surface area contributed by atoms with E-state index in [1.54, 1.807) is 6.07 Å². The largest absolute Gasteiger partial charge is 0.508 e. The second kappa shape index (κ2) is 6.61. The molecule has 1 saturated carbocycles. The van der Waals surface area contributed by atoms with Gasteiger partial charge >= 0.3 is 0 Å². The van der Waals surface area contributed by atoms with Crippen LogP contribution in [0.1, 0.15) is 36.1 Å². The van der Waals surface area contributed by atoms with Gasteiger partial charge in [0.15, 0.2) is 0 Å². The number of piperidine rings is 1. The molecule has 2 aromatic carbocycles. The van der Waals surface area contributed by atoms with Crippen LogP contribution in [-0.2, 0) is 18.3 Å². The van der Waals surface area contributed by atoms with E-state index < -0.39 is 0 Å². The Morgan fingerprint density at radius 1 is 1.17 bits per heavy atom. The Morgan fingerprint density at radius 2 is 2.03 bits per heavy atom. The van der Waals surface area contributed by atoms with Gasteiger partial charge in [-0.1, -0.05) is 34.1 Å². The lowest BCUT2D eigenvalue weighted by Gasteiger charge is -2.51. The van der Waals surface area contributed by atoms with E-state index in [0.717, 1.165) is 18.8 Å². The summed E-state index contributed by atoms with van der Waals surface area (Å²) in [5, 5.41) is 11.6. The first-order valence-electron chi connectivity index (χ1n) is 10.9. The Kier molecular flexibility index (Phi) is 4.11. The van der Waals surface area contributed by atoms with Crippen molar-refractivity contribution in [2.75, 3.05) is 19.6 Å². The number of halogens is 1. The molecule has 3 aliphatic rings. The van der Waals surface area contributed by atoms with Crippen LogP contribution in [0.3, 0.4) is 0 Å². The third-order valence-corrected chi connectivity index (χ3v) is 8.34. The van der Waals surface area contributed by atoms with Crippen molar-refractivity contribution in [2.45, 2.75) is 37.5 Å². The van der Waals surface area contributed by atoms with Crippen molar-refractivity contribution < 1.29 is 5.11 Å². The Morgan fingerprint density at radius 3 is 2.86 bits per heavy atom. The molecule has 3 aromatic rings.